The highest BCUT2D eigenvalue weighted by Crippen LogP contribution is 2.46. The molecule has 0 atom stereocenters. The van der Waals surface area contributed by atoms with Gasteiger partial charge in [-0.25, -0.2) is 0 Å². The number of aromatic nitrogens is 2. The van der Waals surface area contributed by atoms with Gasteiger partial charge in [-0.3, -0.25) is 0 Å². The van der Waals surface area contributed by atoms with Crippen molar-refractivity contribution in [3.05, 3.63) is 140 Å². The first-order chi connectivity index (χ1) is 19.9. The van der Waals surface area contributed by atoms with Crippen molar-refractivity contribution in [3.63, 3.8) is 0 Å². The molecule has 2 nitrogen and oxygen atoms in total. The summed E-state index contributed by atoms with van der Waals surface area (Å²) in [5.74, 6) is 0. The summed E-state index contributed by atoms with van der Waals surface area (Å²) in [6.45, 7) is 0. The molecule has 0 amide bonds. The molecule has 9 aromatic rings. The first-order valence-electron chi connectivity index (χ1n) is 13.8. The second kappa shape index (κ2) is 8.08. The van der Waals surface area contributed by atoms with Crippen LogP contribution in [0.2, 0.25) is 0 Å². The van der Waals surface area contributed by atoms with E-state index in [1.807, 2.05) is 0 Å². The monoisotopic (exact) mass is 508 g/mol. The summed E-state index contributed by atoms with van der Waals surface area (Å²) in [6.07, 6.45) is 0. The van der Waals surface area contributed by atoms with Crippen LogP contribution in [-0.4, -0.2) is 9.55 Å². The summed E-state index contributed by atoms with van der Waals surface area (Å²) >= 11 is 0. The molecule has 0 radical (unpaired) electrons. The van der Waals surface area contributed by atoms with E-state index in [1.54, 1.807) is 0 Å². The van der Waals surface area contributed by atoms with Crippen LogP contribution in [0.4, 0.5) is 0 Å². The van der Waals surface area contributed by atoms with E-state index in [9.17, 15) is 0 Å². The van der Waals surface area contributed by atoms with Gasteiger partial charge < -0.3 is 9.55 Å². The van der Waals surface area contributed by atoms with Crippen LogP contribution < -0.4 is 0 Å². The highest BCUT2D eigenvalue weighted by atomic mass is 15.0. The predicted molar refractivity (Wildman–Crippen MR) is 171 cm³/mol. The van der Waals surface area contributed by atoms with Crippen molar-refractivity contribution >= 4 is 65.2 Å². The van der Waals surface area contributed by atoms with E-state index >= 15 is 0 Å². The zero-order valence-electron chi connectivity index (χ0n) is 21.7. The predicted octanol–water partition coefficient (Wildman–Crippen LogP) is 10.4. The minimum absolute atomic E-state index is 1.16. The molecule has 9 rings (SSSR count). The Hall–Kier alpha value is -5.34. The van der Waals surface area contributed by atoms with Crippen LogP contribution in [0, 0.1) is 0 Å². The smallest absolute Gasteiger partial charge is 0.0647 e. The Morgan fingerprint density at radius 2 is 1.07 bits per heavy atom. The van der Waals surface area contributed by atoms with E-state index in [0.717, 1.165) is 11.2 Å². The van der Waals surface area contributed by atoms with Crippen molar-refractivity contribution in [2.24, 2.45) is 0 Å². The second-order valence-corrected chi connectivity index (χ2v) is 10.6. The van der Waals surface area contributed by atoms with E-state index in [4.69, 9.17) is 0 Å². The van der Waals surface area contributed by atoms with Gasteiger partial charge in [-0.2, -0.15) is 0 Å². The third-order valence-corrected chi connectivity index (χ3v) is 8.50. The van der Waals surface area contributed by atoms with Gasteiger partial charge in [-0.1, -0.05) is 115 Å². The molecule has 2 aromatic heterocycles. The van der Waals surface area contributed by atoms with Crippen LogP contribution in [0.15, 0.2) is 140 Å². The number of nitrogens with zero attached hydrogens (tertiary/aromatic N) is 1. The van der Waals surface area contributed by atoms with E-state index < -0.39 is 0 Å². The van der Waals surface area contributed by atoms with Crippen LogP contribution in [0.5, 0.6) is 0 Å². The van der Waals surface area contributed by atoms with Gasteiger partial charge >= 0.3 is 0 Å². The summed E-state index contributed by atoms with van der Waals surface area (Å²) < 4.78 is 2.49. The Balaban J connectivity index is 1.53. The SMILES string of the molecule is c1ccc(-c2ccc(-n3c4ccc5ccccc5c4c4c5ccccc5c5[nH]c6ccccc6c5c43)cc2)cc1. The molecule has 0 unspecified atom stereocenters. The van der Waals surface area contributed by atoms with Crippen LogP contribution >= 0.6 is 0 Å². The quantitative estimate of drug-likeness (QED) is 0.240. The van der Waals surface area contributed by atoms with Crippen LogP contribution in [0.25, 0.3) is 82.0 Å². The average molecular weight is 509 g/mol. The molecule has 7 aromatic carbocycles. The normalized spacial score (nSPS) is 12.0. The number of hydrogen-bond acceptors (Lipinski definition) is 0. The molecule has 0 aliphatic heterocycles. The molecule has 0 aliphatic rings. The Morgan fingerprint density at radius 1 is 0.425 bits per heavy atom. The molecule has 2 heteroatoms. The van der Waals surface area contributed by atoms with Gasteiger partial charge in [0.15, 0.2) is 0 Å². The van der Waals surface area contributed by atoms with Gasteiger partial charge in [-0.05, 0) is 51.6 Å². The van der Waals surface area contributed by atoms with Crippen LogP contribution in [-0.2, 0) is 0 Å². The van der Waals surface area contributed by atoms with Gasteiger partial charge in [0.05, 0.1) is 16.6 Å². The summed E-state index contributed by atoms with van der Waals surface area (Å²) in [4.78, 5) is 3.79. The number of H-pyrrole nitrogens is 1. The van der Waals surface area contributed by atoms with Crippen molar-refractivity contribution in [2.45, 2.75) is 0 Å². The van der Waals surface area contributed by atoms with Crippen molar-refractivity contribution < 1.29 is 0 Å². The standard InChI is InChI=1S/C38H24N2/c1-2-10-24(11-3-1)25-18-21-27(22-19-25)40-33-23-20-26-12-4-5-13-28(26)34(33)35-29-14-6-7-15-30(29)37-36(38(35)40)31-16-8-9-17-32(31)39-37/h1-23,39H. The molecule has 40 heavy (non-hydrogen) atoms. The largest absolute Gasteiger partial charge is 0.354 e. The molecule has 0 saturated heterocycles. The van der Waals surface area contributed by atoms with Crippen molar-refractivity contribution in [1.29, 1.82) is 0 Å². The lowest BCUT2D eigenvalue weighted by Gasteiger charge is -2.11. The molecule has 0 bridgehead atoms. The van der Waals surface area contributed by atoms with E-state index in [-0.39, 0.29) is 0 Å². The number of benzene rings is 7. The highest BCUT2D eigenvalue weighted by molar-refractivity contribution is 6.38. The Kier molecular flexibility index (Phi) is 4.36. The van der Waals surface area contributed by atoms with E-state index in [1.165, 1.54) is 70.8 Å². The lowest BCUT2D eigenvalue weighted by Crippen LogP contribution is -1.94. The molecular formula is C38H24N2. The van der Waals surface area contributed by atoms with Gasteiger partial charge in [0.2, 0.25) is 0 Å². The molecule has 2 heterocycles. The summed E-state index contributed by atoms with van der Waals surface area (Å²) in [6, 6.07) is 50.5. The number of rotatable bonds is 2. The topological polar surface area (TPSA) is 20.7 Å². The molecule has 0 aliphatic carbocycles. The average Bonchev–Trinajstić information content (AvgIpc) is 3.58. The van der Waals surface area contributed by atoms with E-state index in [0.29, 0.717) is 0 Å². The molecule has 186 valence electrons. The van der Waals surface area contributed by atoms with Gasteiger partial charge in [0.25, 0.3) is 0 Å². The zero-order chi connectivity index (χ0) is 26.2. The first-order valence-corrected chi connectivity index (χ1v) is 13.8. The van der Waals surface area contributed by atoms with Crippen LogP contribution in [0.1, 0.15) is 0 Å². The lowest BCUT2D eigenvalue weighted by atomic mass is 9.97. The third kappa shape index (κ3) is 2.88. The van der Waals surface area contributed by atoms with Gasteiger partial charge in [0, 0.05) is 38.1 Å². The molecule has 0 spiro atoms. The Labute approximate surface area is 230 Å². The number of nitrogens with one attached hydrogen (secondary N) is 1. The Morgan fingerprint density at radius 3 is 1.90 bits per heavy atom. The summed E-state index contributed by atoms with van der Waals surface area (Å²) in [7, 11) is 0. The number of fused-ring (bicyclic) bond motifs is 12. The number of para-hydroxylation sites is 1. The molecule has 1 N–H and O–H groups in total. The maximum atomic E-state index is 3.79. The Bertz CT molecular complexity index is 2410. The number of aromatic amines is 1. The molecule has 0 saturated carbocycles. The zero-order valence-corrected chi connectivity index (χ0v) is 21.7. The van der Waals surface area contributed by atoms with E-state index in [2.05, 4.69) is 149 Å². The fourth-order valence-corrected chi connectivity index (χ4v) is 6.77. The first kappa shape index (κ1) is 21.6. The summed E-state index contributed by atoms with van der Waals surface area (Å²) in [5.41, 5.74) is 8.45. The van der Waals surface area contributed by atoms with Crippen molar-refractivity contribution in [1.82, 2.24) is 9.55 Å². The van der Waals surface area contributed by atoms with Crippen molar-refractivity contribution in [3.8, 4) is 16.8 Å². The number of hydrogen-bond donors (Lipinski definition) is 1. The minimum Gasteiger partial charge on any atom is -0.354 e. The fourth-order valence-electron chi connectivity index (χ4n) is 6.77. The second-order valence-electron chi connectivity index (χ2n) is 10.6. The highest BCUT2D eigenvalue weighted by Gasteiger charge is 2.22. The maximum absolute atomic E-state index is 3.79. The van der Waals surface area contributed by atoms with Crippen molar-refractivity contribution in [2.75, 3.05) is 0 Å². The van der Waals surface area contributed by atoms with Gasteiger partial charge in [-0.15, -0.1) is 0 Å². The minimum atomic E-state index is 1.16. The molecule has 0 fully saturated rings. The maximum Gasteiger partial charge on any atom is 0.0647 e. The molecular weight excluding hydrogens is 484 g/mol. The lowest BCUT2D eigenvalue weighted by molar-refractivity contribution is 1.19. The van der Waals surface area contributed by atoms with Crippen LogP contribution in [0.3, 0.4) is 0 Å². The third-order valence-electron chi connectivity index (χ3n) is 8.50. The summed E-state index contributed by atoms with van der Waals surface area (Å²) in [5, 5.41) is 10.2. The van der Waals surface area contributed by atoms with Gasteiger partial charge in [0.1, 0.15) is 0 Å². The fraction of sp³-hybridized carbons (Fsp3) is 0.